The highest BCUT2D eigenvalue weighted by Gasteiger charge is 2.35. The summed E-state index contributed by atoms with van der Waals surface area (Å²) in [7, 11) is 1.43. The number of hydrogen-bond acceptors (Lipinski definition) is 5. The zero-order valence-corrected chi connectivity index (χ0v) is 14.6. The normalized spacial score (nSPS) is 16.7. The summed E-state index contributed by atoms with van der Waals surface area (Å²) in [6.07, 6.45) is 1.34. The molecule has 1 heterocycles. The summed E-state index contributed by atoms with van der Waals surface area (Å²) in [6.45, 7) is 0.191. The van der Waals surface area contributed by atoms with Gasteiger partial charge >= 0.3 is 0 Å². The molecule has 0 saturated carbocycles. The van der Waals surface area contributed by atoms with Gasteiger partial charge in [-0.05, 0) is 36.4 Å². The van der Waals surface area contributed by atoms with E-state index in [0.717, 1.165) is 0 Å². The highest BCUT2D eigenvalue weighted by molar-refractivity contribution is 6.00. The lowest BCUT2D eigenvalue weighted by Gasteiger charge is -2.16. The van der Waals surface area contributed by atoms with Gasteiger partial charge in [0.05, 0.1) is 19.2 Å². The van der Waals surface area contributed by atoms with Crippen molar-refractivity contribution < 1.29 is 23.8 Å². The molecule has 0 radical (unpaired) electrons. The fraction of sp³-hybridized carbons (Fsp3) is 0.211. The van der Waals surface area contributed by atoms with E-state index in [1.165, 1.54) is 42.5 Å². The Morgan fingerprint density at radius 3 is 2.78 bits per heavy atom. The Kier molecular flexibility index (Phi) is 5.35. The van der Waals surface area contributed by atoms with E-state index in [2.05, 4.69) is 10.5 Å². The maximum atomic E-state index is 13.0. The number of ether oxygens (including phenoxy) is 1. The van der Waals surface area contributed by atoms with E-state index in [0.29, 0.717) is 17.0 Å². The summed E-state index contributed by atoms with van der Waals surface area (Å²) in [4.78, 5) is 25.9. The van der Waals surface area contributed by atoms with E-state index in [9.17, 15) is 19.1 Å². The van der Waals surface area contributed by atoms with Crippen LogP contribution in [0.3, 0.4) is 0 Å². The lowest BCUT2D eigenvalue weighted by molar-refractivity contribution is -0.126. The summed E-state index contributed by atoms with van der Waals surface area (Å²) in [5, 5.41) is 13.8. The number of carbonyl (C=O) groups is 2. The number of phenolic OH excluding ortho intramolecular Hbond substituents is 1. The largest absolute Gasteiger partial charge is 0.504 e. The van der Waals surface area contributed by atoms with E-state index >= 15 is 0 Å². The minimum absolute atomic E-state index is 0.0448. The maximum absolute atomic E-state index is 13.0. The van der Waals surface area contributed by atoms with Crippen molar-refractivity contribution in [3.05, 3.63) is 53.8 Å². The van der Waals surface area contributed by atoms with Crippen molar-refractivity contribution in [3.8, 4) is 11.5 Å². The number of halogens is 1. The first kappa shape index (κ1) is 18.4. The number of para-hydroxylation sites is 1. The van der Waals surface area contributed by atoms with Crippen LogP contribution in [0.4, 0.5) is 10.1 Å². The number of anilines is 1. The summed E-state index contributed by atoms with van der Waals surface area (Å²) < 4.78 is 18.0. The van der Waals surface area contributed by atoms with Crippen molar-refractivity contribution in [2.75, 3.05) is 18.6 Å². The smallest absolute Gasteiger partial charge is 0.245 e. The van der Waals surface area contributed by atoms with Crippen LogP contribution < -0.4 is 15.1 Å². The molecule has 2 aromatic rings. The molecule has 27 heavy (non-hydrogen) atoms. The molecule has 2 aromatic carbocycles. The molecule has 0 unspecified atom stereocenters. The predicted octanol–water partition coefficient (Wildman–Crippen LogP) is 2.04. The van der Waals surface area contributed by atoms with Crippen LogP contribution in [0, 0.1) is 11.7 Å². The average molecular weight is 371 g/mol. The quantitative estimate of drug-likeness (QED) is 0.622. The third-order valence-corrected chi connectivity index (χ3v) is 4.26. The Bertz CT molecular complexity index is 883. The Balaban J connectivity index is 1.62. The van der Waals surface area contributed by atoms with Gasteiger partial charge in [-0.25, -0.2) is 9.82 Å². The Hall–Kier alpha value is -3.42. The molecule has 2 N–H and O–H groups in total. The van der Waals surface area contributed by atoms with E-state index in [4.69, 9.17) is 4.74 Å². The van der Waals surface area contributed by atoms with Gasteiger partial charge in [0.15, 0.2) is 11.5 Å². The van der Waals surface area contributed by atoms with Gasteiger partial charge in [0.2, 0.25) is 11.8 Å². The molecule has 1 atom stereocenters. The van der Waals surface area contributed by atoms with Crippen molar-refractivity contribution in [2.45, 2.75) is 6.42 Å². The van der Waals surface area contributed by atoms with Crippen LogP contribution in [0.15, 0.2) is 47.6 Å². The number of nitrogens with one attached hydrogen (secondary N) is 1. The third-order valence-electron chi connectivity index (χ3n) is 4.26. The zero-order valence-electron chi connectivity index (χ0n) is 14.6. The number of hydrogen-bond donors (Lipinski definition) is 2. The number of phenols is 1. The molecule has 0 spiro atoms. The van der Waals surface area contributed by atoms with E-state index in [1.54, 1.807) is 18.2 Å². The number of rotatable bonds is 5. The van der Waals surface area contributed by atoms with Crippen molar-refractivity contribution in [2.24, 2.45) is 11.0 Å². The number of aromatic hydroxyl groups is 1. The molecule has 8 heteroatoms. The standard InChI is InChI=1S/C19H18FN3O4/c1-27-16-4-2-3-12(18(16)25)10-21-22-19(26)13-9-17(24)23(11-13)15-7-5-14(20)6-8-15/h2-8,10,13,25H,9,11H2,1H3,(H,22,26)/b21-10-/t13-/m0/s1. The lowest BCUT2D eigenvalue weighted by Crippen LogP contribution is -2.30. The van der Waals surface area contributed by atoms with Crippen LogP contribution in [0.1, 0.15) is 12.0 Å². The number of methoxy groups -OCH3 is 1. The molecule has 7 nitrogen and oxygen atoms in total. The van der Waals surface area contributed by atoms with Crippen LogP contribution in [-0.4, -0.2) is 36.8 Å². The SMILES string of the molecule is COc1cccc(/C=N\NC(=O)[C@H]2CC(=O)N(c3ccc(F)cc3)C2)c1O. The number of hydrazone groups is 1. The average Bonchev–Trinajstić information content (AvgIpc) is 3.05. The number of benzene rings is 2. The maximum Gasteiger partial charge on any atom is 0.245 e. The van der Waals surface area contributed by atoms with Gasteiger partial charge in [-0.1, -0.05) is 6.07 Å². The minimum atomic E-state index is -0.571. The summed E-state index contributed by atoms with van der Waals surface area (Å²) in [5.41, 5.74) is 3.30. The molecule has 1 saturated heterocycles. The van der Waals surface area contributed by atoms with Crippen molar-refractivity contribution in [1.82, 2.24) is 5.43 Å². The number of carbonyl (C=O) groups excluding carboxylic acids is 2. The second kappa shape index (κ2) is 7.86. The van der Waals surface area contributed by atoms with Crippen LogP contribution >= 0.6 is 0 Å². The van der Waals surface area contributed by atoms with Gasteiger partial charge in [-0.3, -0.25) is 9.59 Å². The summed E-state index contributed by atoms with van der Waals surface area (Å²) in [6, 6.07) is 10.4. The topological polar surface area (TPSA) is 91.2 Å². The Labute approximate surface area is 155 Å². The molecule has 1 fully saturated rings. The Morgan fingerprint density at radius 1 is 1.33 bits per heavy atom. The molecule has 0 bridgehead atoms. The van der Waals surface area contributed by atoms with Crippen molar-refractivity contribution in [3.63, 3.8) is 0 Å². The van der Waals surface area contributed by atoms with Gasteiger partial charge in [0, 0.05) is 24.2 Å². The summed E-state index contributed by atoms with van der Waals surface area (Å²) in [5.74, 6) is -1.38. The fourth-order valence-electron chi connectivity index (χ4n) is 2.82. The molecule has 0 aliphatic carbocycles. The van der Waals surface area contributed by atoms with Crippen molar-refractivity contribution >= 4 is 23.7 Å². The highest BCUT2D eigenvalue weighted by atomic mass is 19.1. The number of amides is 2. The Morgan fingerprint density at radius 2 is 2.07 bits per heavy atom. The second-order valence-corrected chi connectivity index (χ2v) is 6.01. The first-order valence-corrected chi connectivity index (χ1v) is 8.24. The lowest BCUT2D eigenvalue weighted by atomic mass is 10.1. The molecule has 1 aliphatic rings. The molecule has 3 rings (SSSR count). The van der Waals surface area contributed by atoms with Crippen LogP contribution in [0.25, 0.3) is 0 Å². The van der Waals surface area contributed by atoms with E-state index < -0.39 is 17.6 Å². The van der Waals surface area contributed by atoms with Crippen molar-refractivity contribution in [1.29, 1.82) is 0 Å². The predicted molar refractivity (Wildman–Crippen MR) is 97.3 cm³/mol. The number of nitrogens with zero attached hydrogens (tertiary/aromatic N) is 2. The van der Waals surface area contributed by atoms with Crippen LogP contribution in [0.5, 0.6) is 11.5 Å². The minimum Gasteiger partial charge on any atom is -0.504 e. The van der Waals surface area contributed by atoms with Gasteiger partial charge in [-0.15, -0.1) is 0 Å². The molecule has 1 aliphatic heterocycles. The fourth-order valence-corrected chi connectivity index (χ4v) is 2.82. The highest BCUT2D eigenvalue weighted by Crippen LogP contribution is 2.28. The molecular formula is C19H18FN3O4. The first-order chi connectivity index (χ1) is 13.0. The van der Waals surface area contributed by atoms with Gasteiger partial charge < -0.3 is 14.7 Å². The van der Waals surface area contributed by atoms with Crippen LogP contribution in [0.2, 0.25) is 0 Å². The molecular weight excluding hydrogens is 353 g/mol. The monoisotopic (exact) mass is 371 g/mol. The van der Waals surface area contributed by atoms with E-state index in [-0.39, 0.29) is 24.6 Å². The van der Waals surface area contributed by atoms with E-state index in [1.807, 2.05) is 0 Å². The molecule has 0 aromatic heterocycles. The van der Waals surface area contributed by atoms with Gasteiger partial charge in [0.25, 0.3) is 0 Å². The summed E-state index contributed by atoms with van der Waals surface area (Å²) >= 11 is 0. The third kappa shape index (κ3) is 4.05. The molecule has 2 amide bonds. The second-order valence-electron chi connectivity index (χ2n) is 6.01. The van der Waals surface area contributed by atoms with Crippen LogP contribution in [-0.2, 0) is 9.59 Å². The van der Waals surface area contributed by atoms with Gasteiger partial charge in [0.1, 0.15) is 5.82 Å². The molecule has 140 valence electrons. The zero-order chi connectivity index (χ0) is 19.4. The first-order valence-electron chi connectivity index (χ1n) is 8.24. The van der Waals surface area contributed by atoms with Gasteiger partial charge in [-0.2, -0.15) is 5.10 Å².